The molecule has 3 aliphatic carbocycles. The Morgan fingerprint density at radius 2 is 1.87 bits per heavy atom. The number of hydrogen-bond acceptors (Lipinski definition) is 11. The zero-order valence-corrected chi connectivity index (χ0v) is 31.3. The Morgan fingerprint density at radius 1 is 1.04 bits per heavy atom. The number of rotatable bonds is 8. The smallest absolute Gasteiger partial charge is 0.339 e. The number of epoxide rings is 1. The van der Waals surface area contributed by atoms with Gasteiger partial charge in [-0.1, -0.05) is 39.8 Å². The van der Waals surface area contributed by atoms with Crippen molar-refractivity contribution in [2.45, 2.75) is 134 Å². The van der Waals surface area contributed by atoms with Gasteiger partial charge in [0.15, 0.2) is 11.9 Å². The number of carbonyl (C=O) groups excluding carboxylic acids is 3. The van der Waals surface area contributed by atoms with Gasteiger partial charge < -0.3 is 33.8 Å². The number of hydrogen-bond donors (Lipinski definition) is 3. The summed E-state index contributed by atoms with van der Waals surface area (Å²) < 4.78 is 31.9. The maximum atomic E-state index is 14.9. The zero-order chi connectivity index (χ0) is 36.4. The van der Waals surface area contributed by atoms with Gasteiger partial charge in [-0.25, -0.2) is 4.79 Å². The number of furan rings is 1. The van der Waals surface area contributed by atoms with E-state index in [0.29, 0.717) is 49.5 Å². The highest BCUT2D eigenvalue weighted by atomic mass is 16.7. The van der Waals surface area contributed by atoms with Crippen LogP contribution in [0.25, 0.3) is 0 Å². The Balaban J connectivity index is 1.04. The number of Topliss-reactive ketones (excluding diaryl/α,β-unsaturated/α-hetero) is 1. The maximum Gasteiger partial charge on any atom is 0.339 e. The fourth-order valence-electron chi connectivity index (χ4n) is 13.1. The van der Waals surface area contributed by atoms with Gasteiger partial charge >= 0.3 is 11.9 Å². The van der Waals surface area contributed by atoms with Crippen LogP contribution in [0.1, 0.15) is 103 Å². The number of aliphatic hydroxyl groups is 1. The lowest BCUT2D eigenvalue weighted by Crippen LogP contribution is -2.76. The molecule has 6 heterocycles. The average Bonchev–Trinajstić information content (AvgIpc) is 3.38. The molecule has 0 aromatic carbocycles. The number of ether oxygens (including phenoxy) is 4. The Kier molecular flexibility index (Phi) is 8.09. The molecule has 14 atom stereocenters. The lowest BCUT2D eigenvalue weighted by molar-refractivity contribution is -0.252. The summed E-state index contributed by atoms with van der Waals surface area (Å²) in [5, 5.41) is 19.4. The normalized spacial score (nSPS) is 49.1. The first-order valence-corrected chi connectivity index (χ1v) is 19.9. The Bertz CT molecular complexity index is 1670. The molecule has 0 amide bonds. The minimum absolute atomic E-state index is 0.0543. The van der Waals surface area contributed by atoms with E-state index < -0.39 is 63.8 Å². The first-order valence-electron chi connectivity index (χ1n) is 19.9. The molecule has 2 saturated carbocycles. The molecular formula is C41H56N2O9. The van der Waals surface area contributed by atoms with Crippen molar-refractivity contribution in [2.75, 3.05) is 19.8 Å². The van der Waals surface area contributed by atoms with Gasteiger partial charge in [0.1, 0.15) is 30.2 Å². The molecule has 11 heteroatoms. The first-order chi connectivity index (χ1) is 24.8. The fourth-order valence-corrected chi connectivity index (χ4v) is 13.1. The molecule has 5 aliphatic heterocycles. The van der Waals surface area contributed by atoms with Crippen LogP contribution in [0.4, 0.5) is 0 Å². The monoisotopic (exact) mass is 720 g/mol. The van der Waals surface area contributed by atoms with E-state index in [9.17, 15) is 19.5 Å². The van der Waals surface area contributed by atoms with Crippen molar-refractivity contribution in [2.24, 2.45) is 45.8 Å². The standard InChI is InChI=1S/C41H56N2O9/c1-22(2)12-16-38(4)32-31(45)33(46)39(5)28(40(32)20-49-30(44)18-29(40)51-38)13-15-37(3)34(50-36(47)35-41(37,39)52-35)25-14-17-48-27(25)11-8-23-6-9-24(10-7-23)26-19-42-21-43-26/h6,9,14,17,22-24,26,28-29,32-35,42-43,46H,7-8,10-13,15-16,18-21H2,1-5H3/t23-,24-,26-,28-,29-,32+,33+,34-,35+,37-,38-,39-,40-,41+/m0/s1. The number of fused-ring (bicyclic) bond motifs is 1. The summed E-state index contributed by atoms with van der Waals surface area (Å²) in [5.74, 6) is 0.142. The van der Waals surface area contributed by atoms with Crippen LogP contribution in [0.5, 0.6) is 0 Å². The van der Waals surface area contributed by atoms with Crippen molar-refractivity contribution in [3.63, 3.8) is 0 Å². The number of allylic oxidation sites excluding steroid dienone is 1. The van der Waals surface area contributed by atoms with E-state index in [1.165, 1.54) is 0 Å². The fraction of sp³-hybridized carbons (Fsp3) is 0.780. The lowest BCUT2D eigenvalue weighted by atomic mass is 9.36. The topological polar surface area (TPSA) is 149 Å². The number of nitrogens with one attached hydrogen (secondary N) is 2. The summed E-state index contributed by atoms with van der Waals surface area (Å²) in [5.41, 5.74) is -3.95. The summed E-state index contributed by atoms with van der Waals surface area (Å²) in [6.45, 7) is 12.3. The largest absolute Gasteiger partial charge is 0.469 e. The van der Waals surface area contributed by atoms with Crippen molar-refractivity contribution in [3.05, 3.63) is 35.8 Å². The van der Waals surface area contributed by atoms with Crippen molar-refractivity contribution in [3.8, 4) is 0 Å². The molecule has 284 valence electrons. The minimum atomic E-state index is -1.40. The van der Waals surface area contributed by atoms with E-state index in [1.54, 1.807) is 6.26 Å². The van der Waals surface area contributed by atoms with Crippen LogP contribution >= 0.6 is 0 Å². The van der Waals surface area contributed by atoms with Gasteiger partial charge in [0, 0.05) is 47.5 Å². The molecule has 52 heavy (non-hydrogen) atoms. The average molecular weight is 721 g/mol. The highest BCUT2D eigenvalue weighted by Crippen LogP contribution is 2.80. The van der Waals surface area contributed by atoms with Gasteiger partial charge in [-0.05, 0) is 81.6 Å². The summed E-state index contributed by atoms with van der Waals surface area (Å²) in [6.07, 6.45) is 9.61. The summed E-state index contributed by atoms with van der Waals surface area (Å²) >= 11 is 0. The Hall–Kier alpha value is -2.57. The van der Waals surface area contributed by atoms with Crippen molar-refractivity contribution < 1.29 is 42.9 Å². The van der Waals surface area contributed by atoms with Crippen LogP contribution in [0.15, 0.2) is 28.9 Å². The highest BCUT2D eigenvalue weighted by molar-refractivity contribution is 5.92. The van der Waals surface area contributed by atoms with E-state index in [1.807, 2.05) is 19.9 Å². The number of aryl methyl sites for hydroxylation is 1. The lowest BCUT2D eigenvalue weighted by Gasteiger charge is -2.66. The van der Waals surface area contributed by atoms with E-state index in [2.05, 4.69) is 43.6 Å². The van der Waals surface area contributed by atoms with Gasteiger partial charge in [-0.2, -0.15) is 0 Å². The van der Waals surface area contributed by atoms with Crippen LogP contribution in [0, 0.1) is 45.8 Å². The second-order valence-electron chi connectivity index (χ2n) is 18.6. The molecule has 5 saturated heterocycles. The second kappa shape index (κ2) is 12.0. The second-order valence-corrected chi connectivity index (χ2v) is 18.6. The molecule has 11 nitrogen and oxygen atoms in total. The number of aliphatic hydroxyl groups excluding tert-OH is 1. The van der Waals surface area contributed by atoms with Crippen LogP contribution < -0.4 is 10.6 Å². The molecular weight excluding hydrogens is 664 g/mol. The number of cyclic esters (lactones) is 2. The third-order valence-corrected chi connectivity index (χ3v) is 15.6. The molecule has 7 fully saturated rings. The predicted molar refractivity (Wildman–Crippen MR) is 187 cm³/mol. The van der Waals surface area contributed by atoms with E-state index in [4.69, 9.17) is 23.4 Å². The Morgan fingerprint density at radius 3 is 2.60 bits per heavy atom. The number of ketones is 1. The van der Waals surface area contributed by atoms with Crippen LogP contribution in [-0.2, 0) is 39.8 Å². The number of carbonyl (C=O) groups is 3. The summed E-state index contributed by atoms with van der Waals surface area (Å²) in [6, 6.07) is 2.42. The van der Waals surface area contributed by atoms with Gasteiger partial charge in [0.05, 0.1) is 30.3 Å². The molecule has 9 rings (SSSR count). The zero-order valence-electron chi connectivity index (χ0n) is 31.3. The van der Waals surface area contributed by atoms with Crippen molar-refractivity contribution in [1.82, 2.24) is 10.6 Å². The number of esters is 2. The molecule has 0 radical (unpaired) electrons. The van der Waals surface area contributed by atoms with Crippen molar-refractivity contribution in [1.29, 1.82) is 0 Å². The van der Waals surface area contributed by atoms with Crippen LogP contribution in [0.3, 0.4) is 0 Å². The molecule has 1 aromatic heterocycles. The van der Waals surface area contributed by atoms with Crippen LogP contribution in [-0.4, -0.2) is 78.2 Å². The highest BCUT2D eigenvalue weighted by Gasteiger charge is 2.91. The van der Waals surface area contributed by atoms with Crippen LogP contribution in [0.2, 0.25) is 0 Å². The van der Waals surface area contributed by atoms with Gasteiger partial charge in [-0.15, -0.1) is 0 Å². The summed E-state index contributed by atoms with van der Waals surface area (Å²) in [7, 11) is 0. The molecule has 8 aliphatic rings. The van der Waals surface area contributed by atoms with E-state index in [-0.39, 0.29) is 30.7 Å². The molecule has 1 aromatic rings. The van der Waals surface area contributed by atoms with Gasteiger partial charge in [0.2, 0.25) is 0 Å². The van der Waals surface area contributed by atoms with Gasteiger partial charge in [-0.3, -0.25) is 14.9 Å². The predicted octanol–water partition coefficient (Wildman–Crippen LogP) is 4.56. The third-order valence-electron chi connectivity index (χ3n) is 15.6. The SMILES string of the molecule is CC(C)CC[C@]1(C)O[C@H]2CC(=O)OC[C@]23[C@H]2CC[C@@]4(C)[C@H](c5ccoc5CC[C@H]5C=C[C@H]([C@@H]6CNCN6)CC5)OC(=O)[C@H]5O[C@]54[C@]2(C)[C@H](O)C(=O)[C@@H]31. The molecule has 3 N–H and O–H groups in total. The Labute approximate surface area is 306 Å². The van der Waals surface area contributed by atoms with Gasteiger partial charge in [0.25, 0.3) is 0 Å². The summed E-state index contributed by atoms with van der Waals surface area (Å²) in [4.78, 5) is 41.7. The molecule has 2 spiro atoms. The third kappa shape index (κ3) is 4.58. The van der Waals surface area contributed by atoms with E-state index >= 15 is 0 Å². The molecule has 0 unspecified atom stereocenters. The minimum Gasteiger partial charge on any atom is -0.469 e. The molecule has 0 bridgehead atoms. The maximum absolute atomic E-state index is 14.9. The quantitative estimate of drug-likeness (QED) is 0.197. The van der Waals surface area contributed by atoms with E-state index in [0.717, 1.165) is 50.2 Å². The first kappa shape index (κ1) is 35.2. The van der Waals surface area contributed by atoms with Crippen molar-refractivity contribution >= 4 is 17.7 Å².